The van der Waals surface area contributed by atoms with Gasteiger partial charge in [0.2, 0.25) is 0 Å². The Balaban J connectivity index is 1.34. The van der Waals surface area contributed by atoms with Crippen molar-refractivity contribution >= 4 is 17.2 Å². The number of morpholine rings is 1. The van der Waals surface area contributed by atoms with Gasteiger partial charge in [-0.2, -0.15) is 0 Å². The summed E-state index contributed by atoms with van der Waals surface area (Å²) in [6, 6.07) is 0.438. The molecule has 1 amide bonds. The molecule has 0 radical (unpaired) electrons. The van der Waals surface area contributed by atoms with E-state index >= 15 is 0 Å². The highest BCUT2D eigenvalue weighted by Gasteiger charge is 2.42. The Labute approximate surface area is 140 Å². The third-order valence-electron chi connectivity index (χ3n) is 5.08. The first-order valence-corrected chi connectivity index (χ1v) is 9.33. The van der Waals surface area contributed by atoms with Crippen LogP contribution in [0.1, 0.15) is 24.3 Å². The number of carbonyl (C=O) groups is 1. The summed E-state index contributed by atoms with van der Waals surface area (Å²) < 4.78 is 11.5. The van der Waals surface area contributed by atoms with Crippen molar-refractivity contribution in [1.29, 1.82) is 0 Å². The van der Waals surface area contributed by atoms with Crippen LogP contribution in [0.15, 0.2) is 11.6 Å². The normalized spacial score (nSPS) is 32.0. The summed E-state index contributed by atoms with van der Waals surface area (Å²) in [5.41, 5.74) is 0. The maximum absolute atomic E-state index is 12.6. The number of thiazole rings is 1. The summed E-state index contributed by atoms with van der Waals surface area (Å²) in [4.78, 5) is 21.4. The van der Waals surface area contributed by atoms with Crippen LogP contribution < -0.4 is 0 Å². The highest BCUT2D eigenvalue weighted by atomic mass is 32.1. The van der Waals surface area contributed by atoms with Crippen molar-refractivity contribution in [2.45, 2.75) is 44.1 Å². The van der Waals surface area contributed by atoms with Gasteiger partial charge in [0.15, 0.2) is 0 Å². The minimum atomic E-state index is -0.255. The monoisotopic (exact) mass is 337 g/mol. The summed E-state index contributed by atoms with van der Waals surface area (Å²) in [5, 5.41) is 3.19. The largest absolute Gasteiger partial charge is 0.378 e. The van der Waals surface area contributed by atoms with Gasteiger partial charge in [0, 0.05) is 37.3 Å². The number of hydrogen-bond acceptors (Lipinski definition) is 6. The fraction of sp³-hybridized carbons (Fsp3) is 0.750. The quantitative estimate of drug-likeness (QED) is 0.827. The highest BCUT2D eigenvalue weighted by molar-refractivity contribution is 7.09. The first-order chi connectivity index (χ1) is 11.3. The van der Waals surface area contributed by atoms with Crippen LogP contribution in [0.5, 0.6) is 0 Å². The third kappa shape index (κ3) is 3.28. The van der Waals surface area contributed by atoms with Crippen molar-refractivity contribution in [3.05, 3.63) is 16.6 Å². The Kier molecular flexibility index (Phi) is 4.61. The molecule has 0 unspecified atom stereocenters. The van der Waals surface area contributed by atoms with E-state index in [9.17, 15) is 4.79 Å². The number of nitrogens with zero attached hydrogens (tertiary/aromatic N) is 3. The summed E-state index contributed by atoms with van der Waals surface area (Å²) in [5.74, 6) is 0.158. The van der Waals surface area contributed by atoms with Gasteiger partial charge in [-0.3, -0.25) is 9.69 Å². The fourth-order valence-corrected chi connectivity index (χ4v) is 4.53. The van der Waals surface area contributed by atoms with Gasteiger partial charge in [0.05, 0.1) is 25.9 Å². The smallest absolute Gasteiger partial charge is 0.251 e. The first kappa shape index (κ1) is 15.5. The second-order valence-corrected chi connectivity index (χ2v) is 7.41. The van der Waals surface area contributed by atoms with Crippen molar-refractivity contribution in [1.82, 2.24) is 14.8 Å². The Morgan fingerprint density at radius 1 is 1.26 bits per heavy atom. The van der Waals surface area contributed by atoms with Crippen molar-refractivity contribution in [3.8, 4) is 0 Å². The summed E-state index contributed by atoms with van der Waals surface area (Å²) in [6.45, 7) is 4.63. The summed E-state index contributed by atoms with van der Waals surface area (Å²) >= 11 is 1.71. The van der Waals surface area contributed by atoms with Gasteiger partial charge in [0.1, 0.15) is 11.1 Å². The fourth-order valence-electron chi connectivity index (χ4n) is 3.88. The molecular weight excluding hydrogens is 314 g/mol. The Morgan fingerprint density at radius 2 is 2.13 bits per heavy atom. The molecule has 3 fully saturated rings. The van der Waals surface area contributed by atoms with Gasteiger partial charge in [-0.15, -0.1) is 11.3 Å². The Morgan fingerprint density at radius 3 is 2.91 bits per heavy atom. The molecule has 3 atom stereocenters. The maximum atomic E-state index is 12.6. The van der Waals surface area contributed by atoms with E-state index in [1.54, 1.807) is 11.3 Å². The van der Waals surface area contributed by atoms with E-state index in [-0.39, 0.29) is 18.1 Å². The van der Waals surface area contributed by atoms with Crippen molar-refractivity contribution in [3.63, 3.8) is 0 Å². The van der Waals surface area contributed by atoms with Gasteiger partial charge >= 0.3 is 0 Å². The van der Waals surface area contributed by atoms with E-state index in [4.69, 9.17) is 9.47 Å². The minimum absolute atomic E-state index is 0.158. The number of fused-ring (bicyclic) bond motifs is 1. The lowest BCUT2D eigenvalue weighted by molar-refractivity contribution is -0.158. The highest BCUT2D eigenvalue weighted by Crippen LogP contribution is 2.33. The van der Waals surface area contributed by atoms with Crippen LogP contribution in [-0.2, 0) is 20.8 Å². The van der Waals surface area contributed by atoms with E-state index in [1.165, 1.54) is 0 Å². The van der Waals surface area contributed by atoms with Crippen LogP contribution in [0.2, 0.25) is 0 Å². The van der Waals surface area contributed by atoms with E-state index < -0.39 is 0 Å². The molecule has 23 heavy (non-hydrogen) atoms. The summed E-state index contributed by atoms with van der Waals surface area (Å²) in [6.07, 6.45) is 4.68. The average molecular weight is 337 g/mol. The van der Waals surface area contributed by atoms with Crippen LogP contribution in [0.25, 0.3) is 0 Å². The predicted octanol–water partition coefficient (Wildman–Crippen LogP) is 1.12. The van der Waals surface area contributed by atoms with Crippen LogP contribution in [-0.4, -0.2) is 71.8 Å². The standard InChI is InChI=1S/C16H23N3O3S/c20-16(18-6-8-21-9-7-18)14-2-1-12-13(22-14)3-5-19(12)11-15-17-4-10-23-15/h4,10,12-14H,1-3,5-9,11H2/t12-,13-,14-/m1/s1. The van der Waals surface area contributed by atoms with Crippen LogP contribution >= 0.6 is 11.3 Å². The van der Waals surface area contributed by atoms with Gasteiger partial charge < -0.3 is 14.4 Å². The zero-order valence-electron chi connectivity index (χ0n) is 13.2. The number of ether oxygens (including phenoxy) is 2. The van der Waals surface area contributed by atoms with Crippen molar-refractivity contribution < 1.29 is 14.3 Å². The second-order valence-electron chi connectivity index (χ2n) is 6.43. The van der Waals surface area contributed by atoms with Gasteiger partial charge in [0.25, 0.3) is 5.91 Å². The molecule has 0 aliphatic carbocycles. The molecule has 7 heteroatoms. The molecule has 3 aliphatic heterocycles. The van der Waals surface area contributed by atoms with Gasteiger partial charge in [-0.05, 0) is 19.3 Å². The minimum Gasteiger partial charge on any atom is -0.378 e. The number of hydrogen-bond donors (Lipinski definition) is 0. The molecule has 0 aromatic carbocycles. The molecule has 0 saturated carbocycles. The molecule has 3 aliphatic rings. The molecule has 1 aromatic rings. The molecule has 0 spiro atoms. The molecule has 3 saturated heterocycles. The predicted molar refractivity (Wildman–Crippen MR) is 86.2 cm³/mol. The zero-order chi connectivity index (χ0) is 15.6. The number of rotatable bonds is 3. The molecule has 0 bridgehead atoms. The Hall–Kier alpha value is -1.02. The first-order valence-electron chi connectivity index (χ1n) is 8.45. The number of likely N-dealkylation sites (tertiary alicyclic amines) is 1. The van der Waals surface area contributed by atoms with Crippen LogP contribution in [0.3, 0.4) is 0 Å². The zero-order valence-corrected chi connectivity index (χ0v) is 14.0. The molecule has 4 rings (SSSR count). The van der Waals surface area contributed by atoms with Crippen LogP contribution in [0, 0.1) is 0 Å². The lowest BCUT2D eigenvalue weighted by atomic mass is 9.98. The molecule has 1 aromatic heterocycles. The lowest BCUT2D eigenvalue weighted by Crippen LogP contribution is -2.51. The van der Waals surface area contributed by atoms with Crippen molar-refractivity contribution in [2.24, 2.45) is 0 Å². The van der Waals surface area contributed by atoms with Gasteiger partial charge in [-0.1, -0.05) is 0 Å². The van der Waals surface area contributed by atoms with Crippen molar-refractivity contribution in [2.75, 3.05) is 32.8 Å². The topological polar surface area (TPSA) is 54.9 Å². The molecule has 4 heterocycles. The van der Waals surface area contributed by atoms with E-state index in [0.717, 1.165) is 37.4 Å². The number of aromatic nitrogens is 1. The summed E-state index contributed by atoms with van der Waals surface area (Å²) in [7, 11) is 0. The van der Waals surface area contributed by atoms with Gasteiger partial charge in [-0.25, -0.2) is 4.98 Å². The molecule has 126 valence electrons. The van der Waals surface area contributed by atoms with E-state index in [2.05, 4.69) is 9.88 Å². The third-order valence-corrected chi connectivity index (χ3v) is 5.85. The number of carbonyl (C=O) groups excluding carboxylic acids is 1. The second kappa shape index (κ2) is 6.84. The SMILES string of the molecule is O=C([C@H]1CC[C@@H]2[C@@H](CCN2Cc2nccs2)O1)N1CCOCC1. The molecular formula is C16H23N3O3S. The van der Waals surface area contributed by atoms with Crippen LogP contribution in [0.4, 0.5) is 0 Å². The van der Waals surface area contributed by atoms with E-state index in [0.29, 0.717) is 32.3 Å². The lowest BCUT2D eigenvalue weighted by Gasteiger charge is -2.37. The molecule has 6 nitrogen and oxygen atoms in total. The maximum Gasteiger partial charge on any atom is 0.251 e. The number of amides is 1. The average Bonchev–Trinajstić information content (AvgIpc) is 3.25. The van der Waals surface area contributed by atoms with E-state index in [1.807, 2.05) is 16.5 Å². The Bertz CT molecular complexity index is 533. The molecule has 0 N–H and O–H groups in total.